The van der Waals surface area contributed by atoms with Crippen LogP contribution >= 0.6 is 12.2 Å². The van der Waals surface area contributed by atoms with Gasteiger partial charge < -0.3 is 5.32 Å². The van der Waals surface area contributed by atoms with Crippen LogP contribution in [0.4, 0.5) is 0 Å². The summed E-state index contributed by atoms with van der Waals surface area (Å²) in [5.74, 6) is 0.809. The molecule has 1 saturated heterocycles. The average molecular weight is 129 g/mol. The second-order valence-corrected chi connectivity index (χ2v) is 2.94. The van der Waals surface area contributed by atoms with Crippen molar-refractivity contribution in [2.75, 3.05) is 6.54 Å². The SMILES string of the molecule is CC1CCNC(=S)C1. The van der Waals surface area contributed by atoms with Crippen molar-refractivity contribution in [3.63, 3.8) is 0 Å². The molecule has 1 unspecified atom stereocenters. The van der Waals surface area contributed by atoms with Crippen LogP contribution < -0.4 is 5.32 Å². The van der Waals surface area contributed by atoms with E-state index in [-0.39, 0.29) is 0 Å². The van der Waals surface area contributed by atoms with Crippen molar-refractivity contribution in [2.45, 2.75) is 19.8 Å². The van der Waals surface area contributed by atoms with E-state index >= 15 is 0 Å². The lowest BCUT2D eigenvalue weighted by Gasteiger charge is -2.19. The van der Waals surface area contributed by atoms with Gasteiger partial charge in [-0.05, 0) is 12.3 Å². The largest absolute Gasteiger partial charge is 0.380 e. The molecular formula is C6H11NS. The number of hydrogen-bond donors (Lipinski definition) is 1. The first-order valence-corrected chi connectivity index (χ1v) is 3.46. The molecule has 0 aromatic carbocycles. The molecule has 1 nitrogen and oxygen atoms in total. The molecule has 0 spiro atoms. The van der Waals surface area contributed by atoms with E-state index in [4.69, 9.17) is 12.2 Å². The number of piperidine rings is 1. The molecule has 0 radical (unpaired) electrons. The smallest absolute Gasteiger partial charge is 0.0756 e. The Morgan fingerprint density at radius 2 is 2.50 bits per heavy atom. The molecule has 0 aromatic rings. The summed E-state index contributed by atoms with van der Waals surface area (Å²) in [6.07, 6.45) is 2.37. The van der Waals surface area contributed by atoms with Gasteiger partial charge in [0.25, 0.3) is 0 Å². The molecule has 2 heteroatoms. The lowest BCUT2D eigenvalue weighted by atomic mass is 10.0. The third-order valence-electron chi connectivity index (χ3n) is 1.49. The van der Waals surface area contributed by atoms with Crippen LogP contribution in [0.1, 0.15) is 19.8 Å². The first-order valence-electron chi connectivity index (χ1n) is 3.06. The molecule has 0 saturated carbocycles. The minimum atomic E-state index is 0.809. The fourth-order valence-corrected chi connectivity index (χ4v) is 1.34. The van der Waals surface area contributed by atoms with Crippen LogP contribution in [0, 0.1) is 5.92 Å². The second kappa shape index (κ2) is 2.44. The van der Waals surface area contributed by atoms with Gasteiger partial charge in [-0.1, -0.05) is 19.1 Å². The monoisotopic (exact) mass is 129 g/mol. The van der Waals surface area contributed by atoms with Crippen molar-refractivity contribution in [1.29, 1.82) is 0 Å². The summed E-state index contributed by atoms with van der Waals surface area (Å²) < 4.78 is 0. The van der Waals surface area contributed by atoms with E-state index in [1.807, 2.05) is 0 Å². The van der Waals surface area contributed by atoms with Crippen molar-refractivity contribution < 1.29 is 0 Å². The highest BCUT2D eigenvalue weighted by Gasteiger charge is 2.10. The topological polar surface area (TPSA) is 12.0 Å². The predicted molar refractivity (Wildman–Crippen MR) is 39.0 cm³/mol. The van der Waals surface area contributed by atoms with Crippen LogP contribution in [0.3, 0.4) is 0 Å². The molecule has 8 heavy (non-hydrogen) atoms. The van der Waals surface area contributed by atoms with Crippen LogP contribution in [0.5, 0.6) is 0 Å². The normalized spacial score (nSPS) is 29.6. The van der Waals surface area contributed by atoms with Gasteiger partial charge in [-0.25, -0.2) is 0 Å². The van der Waals surface area contributed by atoms with Gasteiger partial charge >= 0.3 is 0 Å². The Kier molecular flexibility index (Phi) is 1.84. The van der Waals surface area contributed by atoms with Gasteiger partial charge in [-0.2, -0.15) is 0 Å². The Balaban J connectivity index is 2.34. The first kappa shape index (κ1) is 6.02. The zero-order valence-electron chi connectivity index (χ0n) is 5.11. The molecule has 1 atom stereocenters. The maximum atomic E-state index is 4.97. The third-order valence-corrected chi connectivity index (χ3v) is 1.80. The van der Waals surface area contributed by atoms with Crippen LogP contribution in [0.25, 0.3) is 0 Å². The van der Waals surface area contributed by atoms with Gasteiger partial charge in [0.1, 0.15) is 0 Å². The van der Waals surface area contributed by atoms with E-state index in [1.54, 1.807) is 0 Å². The van der Waals surface area contributed by atoms with E-state index in [9.17, 15) is 0 Å². The number of rotatable bonds is 0. The molecule has 0 bridgehead atoms. The fourth-order valence-electron chi connectivity index (χ4n) is 0.949. The number of hydrogen-bond acceptors (Lipinski definition) is 1. The van der Waals surface area contributed by atoms with Crippen LogP contribution in [-0.4, -0.2) is 11.5 Å². The van der Waals surface area contributed by atoms with Crippen LogP contribution in [0.2, 0.25) is 0 Å². The summed E-state index contributed by atoms with van der Waals surface area (Å²) in [7, 11) is 0. The Hall–Kier alpha value is -0.110. The molecule has 1 aliphatic rings. The molecule has 0 amide bonds. The van der Waals surface area contributed by atoms with Gasteiger partial charge in [-0.15, -0.1) is 0 Å². The average Bonchev–Trinajstić information content (AvgIpc) is 1.64. The molecule has 0 aliphatic carbocycles. The van der Waals surface area contributed by atoms with Crippen molar-refractivity contribution >= 4 is 17.2 Å². The summed E-state index contributed by atoms with van der Waals surface area (Å²) in [5, 5.41) is 3.14. The Morgan fingerprint density at radius 1 is 1.75 bits per heavy atom. The Morgan fingerprint density at radius 3 is 2.88 bits per heavy atom. The van der Waals surface area contributed by atoms with Crippen molar-refractivity contribution in [2.24, 2.45) is 5.92 Å². The maximum Gasteiger partial charge on any atom is 0.0756 e. The van der Waals surface area contributed by atoms with Crippen molar-refractivity contribution in [3.05, 3.63) is 0 Å². The van der Waals surface area contributed by atoms with E-state index in [2.05, 4.69) is 12.2 Å². The van der Waals surface area contributed by atoms with E-state index in [1.165, 1.54) is 6.42 Å². The number of nitrogens with one attached hydrogen (secondary N) is 1. The van der Waals surface area contributed by atoms with E-state index in [0.29, 0.717) is 0 Å². The zero-order valence-corrected chi connectivity index (χ0v) is 5.92. The quantitative estimate of drug-likeness (QED) is 0.495. The fraction of sp³-hybridized carbons (Fsp3) is 0.833. The molecule has 46 valence electrons. The standard InChI is InChI=1S/C6H11NS/c1-5-2-3-7-6(8)4-5/h5H,2-4H2,1H3,(H,7,8). The van der Waals surface area contributed by atoms with Gasteiger partial charge in [0, 0.05) is 13.0 Å². The summed E-state index contributed by atoms with van der Waals surface area (Å²) in [5.41, 5.74) is 0. The van der Waals surface area contributed by atoms with Gasteiger partial charge in [0.2, 0.25) is 0 Å². The Bertz CT molecular complexity index is 101. The summed E-state index contributed by atoms with van der Waals surface area (Å²) >= 11 is 4.97. The molecule has 1 heterocycles. The lowest BCUT2D eigenvalue weighted by molar-refractivity contribution is 0.512. The van der Waals surface area contributed by atoms with Gasteiger partial charge in [-0.3, -0.25) is 0 Å². The Labute approximate surface area is 55.5 Å². The third kappa shape index (κ3) is 1.44. The van der Waals surface area contributed by atoms with E-state index in [0.717, 1.165) is 23.9 Å². The second-order valence-electron chi connectivity index (χ2n) is 2.45. The van der Waals surface area contributed by atoms with Crippen LogP contribution in [0.15, 0.2) is 0 Å². The number of thiocarbonyl (C=S) groups is 1. The highest BCUT2D eigenvalue weighted by atomic mass is 32.1. The van der Waals surface area contributed by atoms with Crippen molar-refractivity contribution in [1.82, 2.24) is 5.32 Å². The molecular weight excluding hydrogens is 118 g/mol. The minimum absolute atomic E-state index is 0.809. The summed E-state index contributed by atoms with van der Waals surface area (Å²) in [4.78, 5) is 1.05. The van der Waals surface area contributed by atoms with E-state index < -0.39 is 0 Å². The minimum Gasteiger partial charge on any atom is -0.380 e. The molecule has 1 fully saturated rings. The highest BCUT2D eigenvalue weighted by molar-refractivity contribution is 7.80. The molecule has 1 N–H and O–H groups in total. The zero-order chi connectivity index (χ0) is 5.98. The summed E-state index contributed by atoms with van der Waals surface area (Å²) in [6, 6.07) is 0. The molecule has 1 rings (SSSR count). The predicted octanol–water partition coefficient (Wildman–Crippen LogP) is 1.33. The van der Waals surface area contributed by atoms with Crippen molar-refractivity contribution in [3.8, 4) is 0 Å². The highest BCUT2D eigenvalue weighted by Crippen LogP contribution is 2.10. The lowest BCUT2D eigenvalue weighted by Crippen LogP contribution is -2.30. The van der Waals surface area contributed by atoms with Crippen LogP contribution in [-0.2, 0) is 0 Å². The van der Waals surface area contributed by atoms with Gasteiger partial charge in [0.05, 0.1) is 4.99 Å². The first-order chi connectivity index (χ1) is 3.79. The maximum absolute atomic E-state index is 4.97. The summed E-state index contributed by atoms with van der Waals surface area (Å²) in [6.45, 7) is 3.33. The molecule has 1 aliphatic heterocycles. The molecule has 0 aromatic heterocycles. The van der Waals surface area contributed by atoms with Gasteiger partial charge in [0.15, 0.2) is 0 Å².